The van der Waals surface area contributed by atoms with Gasteiger partial charge in [-0.2, -0.15) is 0 Å². The van der Waals surface area contributed by atoms with Crippen molar-refractivity contribution >= 4 is 33.9 Å². The Kier molecular flexibility index (Phi) is 3.67. The van der Waals surface area contributed by atoms with Gasteiger partial charge in [0.25, 0.3) is 0 Å². The Bertz CT molecular complexity index is 954. The number of rotatable bonds is 2. The largest absolute Gasteiger partial charge is 0.506 e. The molecule has 0 radical (unpaired) electrons. The van der Waals surface area contributed by atoms with Gasteiger partial charge in [0.05, 0.1) is 23.6 Å². The monoisotopic (exact) mass is 341 g/mol. The number of aryl methyl sites for hydroxylation is 1. The minimum atomic E-state index is -1.23. The summed E-state index contributed by atoms with van der Waals surface area (Å²) in [6, 6.07) is 2.16. The molecule has 8 heteroatoms. The van der Waals surface area contributed by atoms with Crippen LogP contribution in [0.5, 0.6) is 0 Å². The SMILES string of the molecule is Cc1nc(N2CC(OC(=O)O)CCC2C)c2c(cnc3nccc32)[nH]1. The van der Waals surface area contributed by atoms with E-state index in [1.807, 2.05) is 13.0 Å². The summed E-state index contributed by atoms with van der Waals surface area (Å²) >= 11 is 0. The van der Waals surface area contributed by atoms with Crippen molar-refractivity contribution in [3.05, 3.63) is 24.3 Å². The van der Waals surface area contributed by atoms with Crippen molar-refractivity contribution in [2.24, 2.45) is 0 Å². The minimum absolute atomic E-state index is 0.234. The number of hydrogen-bond donors (Lipinski definition) is 2. The quantitative estimate of drug-likeness (QED) is 0.691. The van der Waals surface area contributed by atoms with Gasteiger partial charge < -0.3 is 19.7 Å². The summed E-state index contributed by atoms with van der Waals surface area (Å²) in [4.78, 5) is 29.7. The summed E-state index contributed by atoms with van der Waals surface area (Å²) in [6.45, 7) is 4.51. The number of H-pyrrole nitrogens is 1. The maximum absolute atomic E-state index is 10.9. The molecule has 8 nitrogen and oxygen atoms in total. The molecular weight excluding hydrogens is 322 g/mol. The van der Waals surface area contributed by atoms with Crippen molar-refractivity contribution in [2.75, 3.05) is 11.4 Å². The highest BCUT2D eigenvalue weighted by atomic mass is 16.7. The van der Waals surface area contributed by atoms with E-state index in [-0.39, 0.29) is 12.1 Å². The Balaban J connectivity index is 1.86. The predicted molar refractivity (Wildman–Crippen MR) is 92.9 cm³/mol. The molecule has 1 saturated heterocycles. The van der Waals surface area contributed by atoms with Crippen LogP contribution in [0.1, 0.15) is 25.6 Å². The topological polar surface area (TPSA) is 104 Å². The summed E-state index contributed by atoms with van der Waals surface area (Å²) in [5.74, 6) is 1.59. The van der Waals surface area contributed by atoms with Gasteiger partial charge in [0.1, 0.15) is 17.7 Å². The second kappa shape index (κ2) is 5.87. The molecule has 25 heavy (non-hydrogen) atoms. The van der Waals surface area contributed by atoms with Gasteiger partial charge in [0.2, 0.25) is 0 Å². The van der Waals surface area contributed by atoms with Gasteiger partial charge >= 0.3 is 6.16 Å². The minimum Gasteiger partial charge on any atom is -0.450 e. The Morgan fingerprint density at radius 1 is 1.40 bits per heavy atom. The van der Waals surface area contributed by atoms with Crippen LogP contribution < -0.4 is 4.90 Å². The molecule has 1 fully saturated rings. The number of ether oxygens (including phenoxy) is 1. The highest BCUT2D eigenvalue weighted by Crippen LogP contribution is 2.33. The molecular formula is C17H19N5O3. The summed E-state index contributed by atoms with van der Waals surface area (Å²) in [7, 11) is 0. The maximum Gasteiger partial charge on any atom is 0.506 e. The van der Waals surface area contributed by atoms with Gasteiger partial charge in [0, 0.05) is 17.6 Å². The van der Waals surface area contributed by atoms with Crippen LogP contribution in [0.3, 0.4) is 0 Å². The number of aromatic nitrogens is 4. The lowest BCUT2D eigenvalue weighted by Gasteiger charge is -2.38. The number of nitrogens with zero attached hydrogens (tertiary/aromatic N) is 4. The number of carboxylic acid groups (broad SMARTS) is 1. The van der Waals surface area contributed by atoms with Crippen molar-refractivity contribution in [1.29, 1.82) is 0 Å². The molecule has 0 spiro atoms. The number of hydrogen-bond acceptors (Lipinski definition) is 6. The third kappa shape index (κ3) is 2.73. The number of anilines is 1. The third-order valence-electron chi connectivity index (χ3n) is 4.72. The van der Waals surface area contributed by atoms with Crippen molar-refractivity contribution in [1.82, 2.24) is 19.9 Å². The van der Waals surface area contributed by atoms with Crippen LogP contribution >= 0.6 is 0 Å². The number of aromatic amines is 1. The van der Waals surface area contributed by atoms with Gasteiger partial charge in [-0.1, -0.05) is 0 Å². The second-order valence-electron chi connectivity index (χ2n) is 6.46. The van der Waals surface area contributed by atoms with E-state index in [1.54, 1.807) is 12.4 Å². The molecule has 0 amide bonds. The van der Waals surface area contributed by atoms with E-state index >= 15 is 0 Å². The molecule has 2 atom stereocenters. The summed E-state index contributed by atoms with van der Waals surface area (Å²) in [5, 5.41) is 10.8. The van der Waals surface area contributed by atoms with Crippen LogP contribution in [0.2, 0.25) is 0 Å². The molecule has 0 bridgehead atoms. The standard InChI is InChI=1S/C17H19N5O3/c1-9-3-4-11(25-17(23)24)8-22(9)16-14-12-5-6-18-15(12)19-7-13(14)20-10(2)21-16/h5-7,9,11H,3-4,8H2,1-2H3,(H,20,21)(H,23,24). The van der Waals surface area contributed by atoms with Crippen LogP contribution in [-0.2, 0) is 4.74 Å². The van der Waals surface area contributed by atoms with Crippen molar-refractivity contribution < 1.29 is 14.6 Å². The average Bonchev–Trinajstić information content (AvgIpc) is 3.04. The average molecular weight is 341 g/mol. The highest BCUT2D eigenvalue weighted by Gasteiger charge is 2.30. The zero-order chi connectivity index (χ0) is 17.6. The maximum atomic E-state index is 10.9. The molecule has 1 aliphatic rings. The van der Waals surface area contributed by atoms with Crippen LogP contribution in [0, 0.1) is 6.92 Å². The van der Waals surface area contributed by atoms with E-state index in [9.17, 15) is 4.79 Å². The predicted octanol–water partition coefficient (Wildman–Crippen LogP) is 2.87. The van der Waals surface area contributed by atoms with E-state index < -0.39 is 6.16 Å². The molecule has 130 valence electrons. The zero-order valence-electron chi connectivity index (χ0n) is 14.1. The van der Waals surface area contributed by atoms with Crippen molar-refractivity contribution in [3.8, 4) is 0 Å². The molecule has 3 aromatic heterocycles. The molecule has 0 saturated carbocycles. The Morgan fingerprint density at radius 3 is 3.04 bits per heavy atom. The summed E-state index contributed by atoms with van der Waals surface area (Å²) < 4.78 is 5.02. The van der Waals surface area contributed by atoms with E-state index in [0.717, 1.165) is 40.8 Å². The zero-order valence-corrected chi connectivity index (χ0v) is 14.1. The Labute approximate surface area is 143 Å². The molecule has 2 unspecified atom stereocenters. The Hall–Kier alpha value is -2.90. The normalized spacial score (nSPS) is 21.0. The van der Waals surface area contributed by atoms with Gasteiger partial charge in [-0.15, -0.1) is 0 Å². The summed E-state index contributed by atoms with van der Waals surface area (Å²) in [5.41, 5.74) is 1.56. The molecule has 0 aliphatic carbocycles. The van der Waals surface area contributed by atoms with Crippen molar-refractivity contribution in [2.45, 2.75) is 38.8 Å². The van der Waals surface area contributed by atoms with E-state index in [0.29, 0.717) is 12.2 Å². The second-order valence-corrected chi connectivity index (χ2v) is 6.46. The first-order valence-electron chi connectivity index (χ1n) is 8.29. The molecule has 3 aromatic rings. The van der Waals surface area contributed by atoms with Gasteiger partial charge in [-0.25, -0.2) is 19.7 Å². The van der Waals surface area contributed by atoms with Gasteiger partial charge in [-0.3, -0.25) is 0 Å². The van der Waals surface area contributed by atoms with Crippen LogP contribution in [0.25, 0.3) is 21.9 Å². The molecule has 0 aromatic carbocycles. The fraction of sp³-hybridized carbons (Fsp3) is 0.412. The Morgan fingerprint density at radius 2 is 2.24 bits per heavy atom. The first-order valence-corrected chi connectivity index (χ1v) is 8.29. The molecule has 2 N–H and O–H groups in total. The molecule has 4 heterocycles. The molecule has 4 rings (SSSR count). The van der Waals surface area contributed by atoms with E-state index in [1.165, 1.54) is 0 Å². The third-order valence-corrected chi connectivity index (χ3v) is 4.72. The lowest BCUT2D eigenvalue weighted by atomic mass is 10.0. The van der Waals surface area contributed by atoms with Crippen LogP contribution in [0.4, 0.5) is 10.6 Å². The van der Waals surface area contributed by atoms with Crippen LogP contribution in [-0.4, -0.2) is 49.9 Å². The van der Waals surface area contributed by atoms with Gasteiger partial charge in [-0.05, 0) is 32.8 Å². The van der Waals surface area contributed by atoms with E-state index in [4.69, 9.17) is 14.8 Å². The first-order chi connectivity index (χ1) is 12.0. The number of piperidine rings is 1. The van der Waals surface area contributed by atoms with Crippen LogP contribution in [0.15, 0.2) is 18.5 Å². The first kappa shape index (κ1) is 15.6. The number of fused-ring (bicyclic) bond motifs is 3. The lowest BCUT2D eigenvalue weighted by Crippen LogP contribution is -2.46. The fourth-order valence-electron chi connectivity index (χ4n) is 3.55. The highest BCUT2D eigenvalue weighted by molar-refractivity contribution is 6.09. The number of pyridine rings is 1. The number of nitrogens with one attached hydrogen (secondary N) is 1. The smallest absolute Gasteiger partial charge is 0.450 e. The fourth-order valence-corrected chi connectivity index (χ4v) is 3.55. The number of carbonyl (C=O) groups is 1. The van der Waals surface area contributed by atoms with Crippen molar-refractivity contribution in [3.63, 3.8) is 0 Å². The summed E-state index contributed by atoms with van der Waals surface area (Å²) in [6.07, 6.45) is 3.47. The van der Waals surface area contributed by atoms with Gasteiger partial charge in [0.15, 0.2) is 5.65 Å². The van der Waals surface area contributed by atoms with E-state index in [2.05, 4.69) is 26.8 Å². The molecule has 1 aliphatic heterocycles. The lowest BCUT2D eigenvalue weighted by molar-refractivity contribution is 0.0426.